The first-order valence-electron chi connectivity index (χ1n) is 8.96. The molecule has 0 spiro atoms. The number of aryl methyl sites for hydroxylation is 1. The van der Waals surface area contributed by atoms with Gasteiger partial charge in [0, 0.05) is 39.3 Å². The molecule has 0 radical (unpaired) electrons. The van der Waals surface area contributed by atoms with Crippen LogP contribution in [0.2, 0.25) is 0 Å². The molecule has 1 saturated heterocycles. The fourth-order valence-electron chi connectivity index (χ4n) is 3.17. The van der Waals surface area contributed by atoms with Gasteiger partial charge in [-0.3, -0.25) is 9.69 Å². The number of anilines is 1. The Bertz CT molecular complexity index is 946. The van der Waals surface area contributed by atoms with Gasteiger partial charge in [0.1, 0.15) is 0 Å². The monoisotopic (exact) mass is 464 g/mol. The van der Waals surface area contributed by atoms with Crippen molar-refractivity contribution in [2.24, 2.45) is 0 Å². The lowest BCUT2D eigenvalue weighted by molar-refractivity contribution is 0.0952. The van der Waals surface area contributed by atoms with Gasteiger partial charge in [0.15, 0.2) is 5.13 Å². The number of carbonyl (C=O) groups is 1. The number of hydrogen-bond acceptors (Lipinski definition) is 6. The number of hydrogen-bond donors (Lipinski definition) is 1. The van der Waals surface area contributed by atoms with Crippen molar-refractivity contribution < 1.29 is 4.79 Å². The molecule has 0 aliphatic carbocycles. The van der Waals surface area contributed by atoms with Crippen LogP contribution < -0.4 is 10.2 Å². The van der Waals surface area contributed by atoms with Crippen molar-refractivity contribution in [3.63, 3.8) is 0 Å². The molecular formula is C19H21BrN4OS2. The van der Waals surface area contributed by atoms with Gasteiger partial charge in [-0.1, -0.05) is 17.4 Å². The fraction of sp³-hybridized carbons (Fsp3) is 0.368. The number of fused-ring (bicyclic) bond motifs is 1. The summed E-state index contributed by atoms with van der Waals surface area (Å²) >= 11 is 6.63. The number of amides is 1. The van der Waals surface area contributed by atoms with Crippen LogP contribution in [0.4, 0.5) is 5.13 Å². The van der Waals surface area contributed by atoms with Crippen molar-refractivity contribution in [3.8, 4) is 0 Å². The Balaban J connectivity index is 1.25. The van der Waals surface area contributed by atoms with E-state index in [1.165, 1.54) is 21.6 Å². The van der Waals surface area contributed by atoms with Crippen molar-refractivity contribution >= 4 is 59.9 Å². The summed E-state index contributed by atoms with van der Waals surface area (Å²) in [5.74, 6) is 0.00843. The molecule has 0 saturated carbocycles. The molecule has 3 heterocycles. The molecule has 4 rings (SSSR count). The Hall–Kier alpha value is -1.48. The van der Waals surface area contributed by atoms with Crippen LogP contribution in [0, 0.1) is 6.92 Å². The van der Waals surface area contributed by atoms with E-state index in [2.05, 4.69) is 56.2 Å². The van der Waals surface area contributed by atoms with Gasteiger partial charge in [-0.15, -0.1) is 11.3 Å². The predicted octanol–water partition coefficient (Wildman–Crippen LogP) is 3.98. The van der Waals surface area contributed by atoms with Gasteiger partial charge in [0.2, 0.25) is 0 Å². The average molecular weight is 465 g/mol. The second kappa shape index (κ2) is 8.26. The van der Waals surface area contributed by atoms with Crippen molar-refractivity contribution in [3.05, 3.63) is 44.6 Å². The summed E-state index contributed by atoms with van der Waals surface area (Å²) in [5, 5.41) is 4.13. The van der Waals surface area contributed by atoms with Crippen LogP contribution in [0.15, 0.2) is 34.1 Å². The Labute approximate surface area is 175 Å². The van der Waals surface area contributed by atoms with Crippen LogP contribution in [-0.2, 0) is 0 Å². The van der Waals surface area contributed by atoms with Crippen molar-refractivity contribution in [2.45, 2.75) is 6.92 Å². The van der Waals surface area contributed by atoms with Gasteiger partial charge in [-0.05, 0) is 52.7 Å². The average Bonchev–Trinajstić information content (AvgIpc) is 3.28. The Morgan fingerprint density at radius 3 is 2.74 bits per heavy atom. The van der Waals surface area contributed by atoms with Crippen molar-refractivity contribution in [2.75, 3.05) is 44.2 Å². The lowest BCUT2D eigenvalue weighted by Gasteiger charge is -2.34. The number of halogens is 1. The minimum absolute atomic E-state index is 0.00843. The molecule has 2 aromatic heterocycles. The van der Waals surface area contributed by atoms with Crippen LogP contribution in [0.1, 0.15) is 15.2 Å². The summed E-state index contributed by atoms with van der Waals surface area (Å²) in [5.41, 5.74) is 2.37. The van der Waals surface area contributed by atoms with E-state index in [0.29, 0.717) is 6.54 Å². The first-order chi connectivity index (χ1) is 13.1. The SMILES string of the molecule is Cc1ccc2nc(N3CCN(CCNC(=O)c4ccc(Br)s4)CC3)sc2c1. The van der Waals surface area contributed by atoms with E-state index in [1.807, 2.05) is 12.1 Å². The second-order valence-electron chi connectivity index (χ2n) is 6.66. The summed E-state index contributed by atoms with van der Waals surface area (Å²) in [6.45, 7) is 7.62. The summed E-state index contributed by atoms with van der Waals surface area (Å²) < 4.78 is 2.24. The molecule has 142 valence electrons. The third kappa shape index (κ3) is 4.51. The number of benzene rings is 1. The van der Waals surface area contributed by atoms with Crippen LogP contribution >= 0.6 is 38.6 Å². The molecule has 1 amide bonds. The third-order valence-corrected chi connectivity index (χ3v) is 7.39. The minimum atomic E-state index is 0.00843. The van der Waals surface area contributed by atoms with Crippen LogP contribution in [0.25, 0.3) is 10.2 Å². The zero-order chi connectivity index (χ0) is 18.8. The minimum Gasteiger partial charge on any atom is -0.350 e. The highest BCUT2D eigenvalue weighted by Gasteiger charge is 2.20. The van der Waals surface area contributed by atoms with E-state index in [0.717, 1.165) is 52.0 Å². The summed E-state index contributed by atoms with van der Waals surface area (Å²) in [7, 11) is 0. The van der Waals surface area contributed by atoms with Crippen molar-refractivity contribution in [1.82, 2.24) is 15.2 Å². The van der Waals surface area contributed by atoms with E-state index in [1.54, 1.807) is 11.3 Å². The molecule has 0 atom stereocenters. The number of carbonyl (C=O) groups excluding carboxylic acids is 1. The van der Waals surface area contributed by atoms with E-state index >= 15 is 0 Å². The summed E-state index contributed by atoms with van der Waals surface area (Å²) in [6, 6.07) is 10.2. The maximum absolute atomic E-state index is 12.1. The number of nitrogens with one attached hydrogen (secondary N) is 1. The van der Waals surface area contributed by atoms with Crippen LogP contribution in [-0.4, -0.2) is 55.1 Å². The predicted molar refractivity (Wildman–Crippen MR) is 117 cm³/mol. The Kier molecular flexibility index (Phi) is 5.77. The summed E-state index contributed by atoms with van der Waals surface area (Å²) in [4.78, 5) is 22.4. The van der Waals surface area contributed by atoms with E-state index < -0.39 is 0 Å². The lowest BCUT2D eigenvalue weighted by atomic mass is 10.2. The quantitative estimate of drug-likeness (QED) is 0.620. The highest BCUT2D eigenvalue weighted by Crippen LogP contribution is 2.30. The van der Waals surface area contributed by atoms with Gasteiger partial charge in [0.25, 0.3) is 5.91 Å². The number of thiazole rings is 1. The molecule has 5 nitrogen and oxygen atoms in total. The second-order valence-corrected chi connectivity index (χ2v) is 10.1. The van der Waals surface area contributed by atoms with Crippen LogP contribution in [0.5, 0.6) is 0 Å². The highest BCUT2D eigenvalue weighted by atomic mass is 79.9. The number of piperazine rings is 1. The maximum Gasteiger partial charge on any atom is 0.261 e. The third-order valence-electron chi connectivity index (χ3n) is 4.69. The molecule has 3 aromatic rings. The highest BCUT2D eigenvalue weighted by molar-refractivity contribution is 9.11. The fourth-order valence-corrected chi connectivity index (χ4v) is 5.59. The zero-order valence-corrected chi connectivity index (χ0v) is 18.3. The molecule has 0 bridgehead atoms. The zero-order valence-electron chi connectivity index (χ0n) is 15.1. The normalized spacial score (nSPS) is 15.4. The number of nitrogens with zero attached hydrogens (tertiary/aromatic N) is 3. The molecule has 27 heavy (non-hydrogen) atoms. The number of rotatable bonds is 5. The van der Waals surface area contributed by atoms with Gasteiger partial charge in [-0.2, -0.15) is 0 Å². The van der Waals surface area contributed by atoms with Crippen LogP contribution in [0.3, 0.4) is 0 Å². The molecule has 1 fully saturated rings. The molecule has 1 N–H and O–H groups in total. The van der Waals surface area contributed by atoms with Gasteiger partial charge in [-0.25, -0.2) is 4.98 Å². The first kappa shape index (κ1) is 18.9. The van der Waals surface area contributed by atoms with E-state index in [9.17, 15) is 4.79 Å². The molecule has 1 aliphatic rings. The smallest absolute Gasteiger partial charge is 0.261 e. The molecule has 0 unspecified atom stereocenters. The Morgan fingerprint density at radius 1 is 1.19 bits per heavy atom. The van der Waals surface area contributed by atoms with E-state index in [-0.39, 0.29) is 5.91 Å². The molecule has 1 aliphatic heterocycles. The molecule has 8 heteroatoms. The number of aromatic nitrogens is 1. The first-order valence-corrected chi connectivity index (χ1v) is 11.4. The van der Waals surface area contributed by atoms with Gasteiger partial charge in [0.05, 0.1) is 18.9 Å². The topological polar surface area (TPSA) is 48.5 Å². The maximum atomic E-state index is 12.1. The Morgan fingerprint density at radius 2 is 2.00 bits per heavy atom. The van der Waals surface area contributed by atoms with E-state index in [4.69, 9.17) is 4.98 Å². The standard InChI is InChI=1S/C19H21BrN4OS2/c1-13-2-3-14-16(12-13)27-19(22-14)24-10-8-23(9-11-24)7-6-21-18(25)15-4-5-17(20)26-15/h2-5,12H,6-11H2,1H3,(H,21,25). The number of thiophene rings is 1. The largest absolute Gasteiger partial charge is 0.350 e. The lowest BCUT2D eigenvalue weighted by Crippen LogP contribution is -2.48. The van der Waals surface area contributed by atoms with Crippen molar-refractivity contribution in [1.29, 1.82) is 0 Å². The van der Waals surface area contributed by atoms with Gasteiger partial charge >= 0.3 is 0 Å². The molecule has 1 aromatic carbocycles. The van der Waals surface area contributed by atoms with Gasteiger partial charge < -0.3 is 10.2 Å². The molecular weight excluding hydrogens is 444 g/mol. The summed E-state index contributed by atoms with van der Waals surface area (Å²) in [6.07, 6.45) is 0.